The van der Waals surface area contributed by atoms with Crippen molar-refractivity contribution < 1.29 is 55.2 Å². The predicted molar refractivity (Wildman–Crippen MR) is 93.8 cm³/mol. The Balaban J connectivity index is 2.51. The molecule has 2 aromatic rings. The summed E-state index contributed by atoms with van der Waals surface area (Å²) in [7, 11) is 15.7. The average Bonchev–Trinajstić information content (AvgIpc) is 2.56. The van der Waals surface area contributed by atoms with Crippen LogP contribution in [0.2, 0.25) is 0 Å². The third-order valence-corrected chi connectivity index (χ3v) is 3.15. The van der Waals surface area contributed by atoms with Gasteiger partial charge in [-0.1, -0.05) is 0 Å². The van der Waals surface area contributed by atoms with Crippen LogP contribution in [0.25, 0.3) is 0 Å². The van der Waals surface area contributed by atoms with E-state index in [1.54, 1.807) is 0 Å². The molecule has 0 aliphatic carbocycles. The lowest BCUT2D eigenvalue weighted by Crippen LogP contribution is -2.37. The molecule has 0 fully saturated rings. The third kappa shape index (κ3) is 6.97. The van der Waals surface area contributed by atoms with Crippen molar-refractivity contribution in [2.24, 2.45) is 0 Å². The normalized spacial score (nSPS) is 11.8. The number of carbonyl (C=O) groups is 1. The standard InChI is InChI=1S/C16H7B3F6O6/c17-15(18,19)31-10-5-6(30-16(23,24)25)1-2-7(10)28-8-3-4-9(29-14(21)22)12(20)11(8)13(26)27/h1-5,14H,(H,26,27). The van der Waals surface area contributed by atoms with Crippen LogP contribution < -0.4 is 18.9 Å². The van der Waals surface area contributed by atoms with Crippen LogP contribution in [0.1, 0.15) is 10.4 Å². The Kier molecular flexibility index (Phi) is 6.97. The summed E-state index contributed by atoms with van der Waals surface area (Å²) in [5, 5.41) is 6.79. The lowest BCUT2D eigenvalue weighted by molar-refractivity contribution is -0.274. The molecule has 0 unspecified atom stereocenters. The first-order valence-corrected chi connectivity index (χ1v) is 7.80. The van der Waals surface area contributed by atoms with Crippen LogP contribution in [-0.4, -0.2) is 52.9 Å². The fourth-order valence-corrected chi connectivity index (χ4v) is 2.17. The number of benzene rings is 2. The van der Waals surface area contributed by atoms with Gasteiger partial charge < -0.3 is 24.1 Å². The maximum Gasteiger partial charge on any atom is 0.573 e. The van der Waals surface area contributed by atoms with Gasteiger partial charge in [0.2, 0.25) is 0 Å². The largest absolute Gasteiger partial charge is 0.573 e. The van der Waals surface area contributed by atoms with Crippen molar-refractivity contribution in [2.75, 3.05) is 0 Å². The first-order valence-electron chi connectivity index (χ1n) is 7.80. The van der Waals surface area contributed by atoms with E-state index in [1.165, 1.54) is 0 Å². The van der Waals surface area contributed by atoms with Gasteiger partial charge in [0.1, 0.15) is 40.6 Å². The first-order chi connectivity index (χ1) is 14.2. The zero-order valence-corrected chi connectivity index (χ0v) is 15.0. The molecule has 0 aromatic heterocycles. The number of halogens is 6. The number of ether oxygens (including phenoxy) is 4. The summed E-state index contributed by atoms with van der Waals surface area (Å²) in [6.45, 7) is -3.45. The van der Waals surface area contributed by atoms with E-state index in [9.17, 15) is 36.2 Å². The van der Waals surface area contributed by atoms with E-state index in [2.05, 4.69) is 9.47 Å². The Hall–Kier alpha value is -3.12. The molecule has 0 heterocycles. The number of carboxylic acid groups (broad SMARTS) is 1. The second-order valence-corrected chi connectivity index (χ2v) is 5.65. The van der Waals surface area contributed by atoms with Gasteiger partial charge in [0.05, 0.1) is 0 Å². The lowest BCUT2D eigenvalue weighted by atomic mass is 9.52. The minimum absolute atomic E-state index is 0.523. The Morgan fingerprint density at radius 2 is 1.52 bits per heavy atom. The molecule has 0 saturated carbocycles. The van der Waals surface area contributed by atoms with Gasteiger partial charge >= 0.3 is 18.9 Å². The molecule has 2 rings (SSSR count). The van der Waals surface area contributed by atoms with E-state index < -0.39 is 64.4 Å². The van der Waals surface area contributed by atoms with Crippen molar-refractivity contribution in [2.45, 2.75) is 18.3 Å². The van der Waals surface area contributed by atoms with Gasteiger partial charge in [-0.2, -0.15) is 8.78 Å². The summed E-state index contributed by atoms with van der Waals surface area (Å²) in [5.41, 5.74) is -1.22. The maximum absolute atomic E-state index is 14.3. The van der Waals surface area contributed by atoms with E-state index >= 15 is 0 Å². The van der Waals surface area contributed by atoms with Gasteiger partial charge in [0, 0.05) is 6.07 Å². The summed E-state index contributed by atoms with van der Waals surface area (Å²) < 4.78 is 93.9. The molecule has 2 aromatic carbocycles. The van der Waals surface area contributed by atoms with E-state index in [-0.39, 0.29) is 0 Å². The molecule has 6 nitrogen and oxygen atoms in total. The van der Waals surface area contributed by atoms with Crippen molar-refractivity contribution in [1.29, 1.82) is 0 Å². The monoisotopic (exact) mass is 442 g/mol. The van der Waals surface area contributed by atoms with Crippen LogP contribution in [0.5, 0.6) is 28.7 Å². The third-order valence-electron chi connectivity index (χ3n) is 3.15. The van der Waals surface area contributed by atoms with Gasteiger partial charge in [0.25, 0.3) is 0 Å². The topological polar surface area (TPSA) is 74.2 Å². The SMILES string of the molecule is [B]C([B])([B])Oc1cc(OC(F)(F)F)ccc1Oc1ccc(OC(F)F)c(F)c1C(=O)O. The fourth-order valence-electron chi connectivity index (χ4n) is 2.17. The summed E-state index contributed by atoms with van der Waals surface area (Å²) in [4.78, 5) is 11.4. The molecular formula is C16H7B3F6O6. The molecular weight excluding hydrogens is 435 g/mol. The predicted octanol–water partition coefficient (Wildman–Crippen LogP) is 3.31. The number of carboxylic acids is 1. The Bertz CT molecular complexity index is 964. The van der Waals surface area contributed by atoms with Gasteiger partial charge in [-0.15, -0.1) is 13.2 Å². The summed E-state index contributed by atoms with van der Waals surface area (Å²) in [6, 6.07) is 3.56. The zero-order chi connectivity index (χ0) is 23.6. The van der Waals surface area contributed by atoms with Crippen molar-refractivity contribution in [3.05, 3.63) is 41.7 Å². The van der Waals surface area contributed by atoms with E-state index in [0.717, 1.165) is 18.2 Å². The van der Waals surface area contributed by atoms with Crippen LogP contribution in [-0.2, 0) is 0 Å². The number of alkyl halides is 5. The quantitative estimate of drug-likeness (QED) is 0.500. The highest BCUT2D eigenvalue weighted by molar-refractivity contribution is 6.58. The van der Waals surface area contributed by atoms with Crippen molar-refractivity contribution >= 4 is 29.5 Å². The average molecular weight is 442 g/mol. The minimum Gasteiger partial charge on any atom is -0.512 e. The number of aromatic carboxylic acids is 1. The van der Waals surface area contributed by atoms with Gasteiger partial charge in [-0.25, -0.2) is 9.18 Å². The molecule has 0 aliphatic rings. The highest BCUT2D eigenvalue weighted by atomic mass is 19.4. The molecule has 158 valence electrons. The Labute approximate surface area is 174 Å². The second kappa shape index (κ2) is 8.94. The highest BCUT2D eigenvalue weighted by Gasteiger charge is 2.32. The zero-order valence-electron chi connectivity index (χ0n) is 15.0. The minimum atomic E-state index is -5.08. The highest BCUT2D eigenvalue weighted by Crippen LogP contribution is 2.40. The van der Waals surface area contributed by atoms with E-state index in [1.807, 2.05) is 0 Å². The fraction of sp³-hybridized carbons (Fsp3) is 0.188. The van der Waals surface area contributed by atoms with Crippen LogP contribution in [0.15, 0.2) is 30.3 Å². The molecule has 31 heavy (non-hydrogen) atoms. The van der Waals surface area contributed by atoms with Crippen LogP contribution in [0.3, 0.4) is 0 Å². The Morgan fingerprint density at radius 3 is 2.03 bits per heavy atom. The van der Waals surface area contributed by atoms with Crippen molar-refractivity contribution in [1.82, 2.24) is 0 Å². The molecule has 1 N–H and O–H groups in total. The number of hydrogen-bond donors (Lipinski definition) is 1. The first kappa shape index (κ1) is 24.2. The summed E-state index contributed by atoms with van der Waals surface area (Å²) >= 11 is 0. The molecule has 0 aliphatic heterocycles. The van der Waals surface area contributed by atoms with Crippen LogP contribution >= 0.6 is 0 Å². The molecule has 0 bridgehead atoms. The lowest BCUT2D eigenvalue weighted by Gasteiger charge is -2.25. The van der Waals surface area contributed by atoms with Crippen molar-refractivity contribution in [3.8, 4) is 28.7 Å². The maximum atomic E-state index is 14.3. The van der Waals surface area contributed by atoms with Crippen molar-refractivity contribution in [3.63, 3.8) is 0 Å². The van der Waals surface area contributed by atoms with Crippen LogP contribution in [0, 0.1) is 5.82 Å². The molecule has 6 radical (unpaired) electrons. The smallest absolute Gasteiger partial charge is 0.512 e. The van der Waals surface area contributed by atoms with E-state index in [4.69, 9.17) is 33.0 Å². The molecule has 0 spiro atoms. The van der Waals surface area contributed by atoms with Crippen LogP contribution in [0.4, 0.5) is 26.3 Å². The molecule has 15 heteroatoms. The number of hydrogen-bond acceptors (Lipinski definition) is 5. The van der Waals surface area contributed by atoms with E-state index in [0.29, 0.717) is 12.1 Å². The summed E-state index contributed by atoms with van der Waals surface area (Å²) in [6.07, 6.45) is -5.08. The molecule has 0 atom stereocenters. The Morgan fingerprint density at radius 1 is 0.935 bits per heavy atom. The number of rotatable bonds is 8. The molecule has 0 saturated heterocycles. The van der Waals surface area contributed by atoms with Gasteiger partial charge in [0.15, 0.2) is 23.1 Å². The second-order valence-electron chi connectivity index (χ2n) is 5.65. The van der Waals surface area contributed by atoms with Gasteiger partial charge in [-0.3, -0.25) is 0 Å². The summed E-state index contributed by atoms with van der Waals surface area (Å²) in [5.74, 6) is -7.46. The van der Waals surface area contributed by atoms with Gasteiger partial charge in [-0.05, 0) is 29.6 Å². The molecule has 0 amide bonds.